The number of H-pyrrole nitrogens is 1. The van der Waals surface area contributed by atoms with E-state index < -0.39 is 5.60 Å². The summed E-state index contributed by atoms with van der Waals surface area (Å²) in [6.45, 7) is 3.84. The Morgan fingerprint density at radius 1 is 1.03 bits per heavy atom. The average Bonchev–Trinajstić information content (AvgIpc) is 3.58. The summed E-state index contributed by atoms with van der Waals surface area (Å²) in [7, 11) is 2.06. The molecule has 1 saturated carbocycles. The number of benzene rings is 1. The second-order valence-electron chi connectivity index (χ2n) is 9.10. The number of pyridine rings is 2. The zero-order valence-electron chi connectivity index (χ0n) is 19.4. The fraction of sp³-hybridized carbons (Fsp3) is 0.259. The zero-order valence-corrected chi connectivity index (χ0v) is 19.4. The third-order valence-corrected chi connectivity index (χ3v) is 6.82. The van der Waals surface area contributed by atoms with Gasteiger partial charge in [-0.15, -0.1) is 0 Å². The molecular weight excluding hydrogens is 426 g/mol. The van der Waals surface area contributed by atoms with Crippen LogP contribution in [0.3, 0.4) is 0 Å². The van der Waals surface area contributed by atoms with Crippen molar-refractivity contribution in [2.75, 3.05) is 0 Å². The minimum absolute atomic E-state index is 0.505. The molecule has 0 saturated heterocycles. The lowest BCUT2D eigenvalue weighted by atomic mass is 9.83. The predicted molar refractivity (Wildman–Crippen MR) is 127 cm³/mol. The number of aromatic amines is 1. The molecule has 7 nitrogen and oxygen atoms in total. The highest BCUT2D eigenvalue weighted by Gasteiger charge is 2.43. The maximum absolute atomic E-state index is 12.6. The smallest absolute Gasteiger partial charge is 0.258 e. The Bertz CT molecular complexity index is 1440. The van der Waals surface area contributed by atoms with Crippen LogP contribution in [-0.2, 0) is 12.6 Å². The van der Waals surface area contributed by atoms with Gasteiger partial charge in [-0.25, -0.2) is 9.55 Å². The number of nitrogens with zero attached hydrogens (tertiary/aromatic N) is 4. The lowest BCUT2D eigenvalue weighted by Gasteiger charge is -2.28. The third-order valence-electron chi connectivity index (χ3n) is 6.82. The number of hydrogen-bond acceptors (Lipinski definition) is 5. The molecule has 1 aromatic carbocycles. The van der Waals surface area contributed by atoms with Gasteiger partial charge in [-0.1, -0.05) is 17.3 Å². The quantitative estimate of drug-likeness (QED) is 0.390. The van der Waals surface area contributed by atoms with Gasteiger partial charge in [0.25, 0.3) is 5.82 Å². The molecule has 0 aliphatic heterocycles. The van der Waals surface area contributed by atoms with Crippen molar-refractivity contribution in [3.63, 3.8) is 0 Å². The highest BCUT2D eigenvalue weighted by Crippen LogP contribution is 2.43. The van der Waals surface area contributed by atoms with Crippen LogP contribution in [0.1, 0.15) is 53.0 Å². The Morgan fingerprint density at radius 2 is 1.71 bits per heavy atom. The topological polar surface area (TPSA) is 91.7 Å². The van der Waals surface area contributed by atoms with Crippen molar-refractivity contribution in [1.82, 2.24) is 20.1 Å². The van der Waals surface area contributed by atoms with Gasteiger partial charge in [0.2, 0.25) is 0 Å². The van der Waals surface area contributed by atoms with Crippen molar-refractivity contribution in [2.24, 2.45) is 7.05 Å². The van der Waals surface area contributed by atoms with Crippen LogP contribution in [0.25, 0.3) is 22.2 Å². The average molecular weight is 453 g/mol. The summed E-state index contributed by atoms with van der Waals surface area (Å²) < 4.78 is 7.66. The number of rotatable bonds is 5. The molecule has 2 N–H and O–H groups in total. The molecule has 0 unspecified atom stereocenters. The molecule has 7 heteroatoms. The van der Waals surface area contributed by atoms with Gasteiger partial charge in [-0.2, -0.15) is 0 Å². The molecule has 4 heterocycles. The molecule has 0 atom stereocenters. The van der Waals surface area contributed by atoms with Crippen molar-refractivity contribution >= 4 is 11.0 Å². The van der Waals surface area contributed by atoms with Crippen molar-refractivity contribution in [3.05, 3.63) is 95.2 Å². The van der Waals surface area contributed by atoms with Crippen LogP contribution in [-0.4, -0.2) is 25.2 Å². The van der Waals surface area contributed by atoms with Crippen LogP contribution in [0.2, 0.25) is 0 Å². The first-order chi connectivity index (χ1) is 16.5. The van der Waals surface area contributed by atoms with E-state index in [1.54, 1.807) is 12.4 Å². The highest BCUT2D eigenvalue weighted by atomic mass is 16.5. The summed E-state index contributed by atoms with van der Waals surface area (Å²) in [5.74, 6) is 2.41. The van der Waals surface area contributed by atoms with Gasteiger partial charge in [0.05, 0.1) is 30.0 Å². The number of imidazole rings is 1. The zero-order chi connectivity index (χ0) is 23.4. The van der Waals surface area contributed by atoms with E-state index in [9.17, 15) is 5.11 Å². The summed E-state index contributed by atoms with van der Waals surface area (Å²) in [5, 5.41) is 16.7. The SMILES string of the molecule is Cc1noc(C)c1-c1cc(C(O)(c2ccccn2)c2ccccn2)c2c(c1)[nH]c(C1CC1)[n+]2C. The monoisotopic (exact) mass is 452 g/mol. The van der Waals surface area contributed by atoms with Crippen molar-refractivity contribution in [2.45, 2.75) is 38.2 Å². The third kappa shape index (κ3) is 3.08. The summed E-state index contributed by atoms with van der Waals surface area (Å²) in [4.78, 5) is 12.8. The number of nitrogens with one attached hydrogen (secondary N) is 1. The van der Waals surface area contributed by atoms with Gasteiger partial charge < -0.3 is 9.63 Å². The van der Waals surface area contributed by atoms with E-state index in [2.05, 4.69) is 37.8 Å². The van der Waals surface area contributed by atoms with E-state index in [1.165, 1.54) is 0 Å². The summed E-state index contributed by atoms with van der Waals surface area (Å²) in [5.41, 5.74) is 4.70. The van der Waals surface area contributed by atoms with E-state index in [-0.39, 0.29) is 0 Å². The highest BCUT2D eigenvalue weighted by molar-refractivity contribution is 5.85. The van der Waals surface area contributed by atoms with Gasteiger partial charge in [0.1, 0.15) is 5.76 Å². The Labute approximate surface area is 197 Å². The van der Waals surface area contributed by atoms with Crippen LogP contribution in [0, 0.1) is 13.8 Å². The summed E-state index contributed by atoms with van der Waals surface area (Å²) >= 11 is 0. The standard InChI is InChI=1S/C27H25N5O2/c1-16-24(17(2)34-31-16)19-14-20(25-21(15-19)30-26(32(25)3)18-10-11-18)27(33,22-8-4-6-12-28-22)23-9-5-7-13-29-23/h4-9,12-15,18,33H,10-11H2,1-3H3/p+1. The van der Waals surface area contributed by atoms with E-state index in [1.807, 2.05) is 56.3 Å². The number of fused-ring (bicyclic) bond motifs is 1. The number of aliphatic hydroxyl groups is 1. The predicted octanol–water partition coefficient (Wildman–Crippen LogP) is 4.22. The molecule has 5 aromatic rings. The fourth-order valence-corrected chi connectivity index (χ4v) is 5.04. The Hall–Kier alpha value is -3.84. The van der Waals surface area contributed by atoms with Crippen molar-refractivity contribution in [3.8, 4) is 11.1 Å². The van der Waals surface area contributed by atoms with Crippen LogP contribution < -0.4 is 4.57 Å². The molecule has 6 rings (SSSR count). The van der Waals surface area contributed by atoms with E-state index in [0.29, 0.717) is 22.9 Å². The van der Waals surface area contributed by atoms with Crippen molar-refractivity contribution in [1.29, 1.82) is 0 Å². The van der Waals surface area contributed by atoms with Gasteiger partial charge in [0, 0.05) is 23.5 Å². The fourth-order valence-electron chi connectivity index (χ4n) is 5.04. The Balaban J connectivity index is 1.73. The lowest BCUT2D eigenvalue weighted by molar-refractivity contribution is -0.653. The number of hydrogen-bond donors (Lipinski definition) is 2. The van der Waals surface area contributed by atoms with Crippen LogP contribution in [0.4, 0.5) is 0 Å². The second-order valence-corrected chi connectivity index (χ2v) is 9.10. The van der Waals surface area contributed by atoms with Gasteiger partial charge >= 0.3 is 0 Å². The molecule has 0 radical (unpaired) electrons. The van der Waals surface area contributed by atoms with Crippen LogP contribution >= 0.6 is 0 Å². The Kier molecular flexibility index (Phi) is 4.64. The van der Waals surface area contributed by atoms with Crippen LogP contribution in [0.5, 0.6) is 0 Å². The molecule has 0 spiro atoms. The van der Waals surface area contributed by atoms with Gasteiger partial charge in [-0.3, -0.25) is 9.97 Å². The van der Waals surface area contributed by atoms with Crippen LogP contribution in [0.15, 0.2) is 65.4 Å². The van der Waals surface area contributed by atoms with E-state index >= 15 is 0 Å². The molecule has 1 aliphatic rings. The Morgan fingerprint density at radius 3 is 2.24 bits per heavy atom. The molecular formula is C27H26N5O2+. The largest absolute Gasteiger partial charge is 0.373 e. The summed E-state index contributed by atoms with van der Waals surface area (Å²) in [6.07, 6.45) is 5.73. The molecule has 4 aromatic heterocycles. The molecule has 1 fully saturated rings. The van der Waals surface area contributed by atoms with Gasteiger partial charge in [-0.05, 0) is 68.7 Å². The maximum Gasteiger partial charge on any atom is 0.258 e. The minimum Gasteiger partial charge on any atom is -0.373 e. The second kappa shape index (κ2) is 7.60. The van der Waals surface area contributed by atoms with E-state index in [4.69, 9.17) is 4.52 Å². The minimum atomic E-state index is -1.57. The van der Waals surface area contributed by atoms with E-state index in [0.717, 1.165) is 52.3 Å². The molecule has 34 heavy (non-hydrogen) atoms. The first-order valence-corrected chi connectivity index (χ1v) is 11.5. The molecule has 1 aliphatic carbocycles. The lowest BCUT2D eigenvalue weighted by Crippen LogP contribution is -2.37. The number of aromatic nitrogens is 5. The first kappa shape index (κ1) is 20.7. The maximum atomic E-state index is 12.6. The van der Waals surface area contributed by atoms with Gasteiger partial charge in [0.15, 0.2) is 16.6 Å². The summed E-state index contributed by atoms with van der Waals surface area (Å²) in [6, 6.07) is 15.3. The molecule has 0 amide bonds. The first-order valence-electron chi connectivity index (χ1n) is 11.5. The molecule has 170 valence electrons. The normalized spacial score (nSPS) is 14.1. The number of aryl methyl sites for hydroxylation is 3. The molecule has 0 bridgehead atoms. The van der Waals surface area contributed by atoms with Crippen molar-refractivity contribution < 1.29 is 14.2 Å².